The maximum absolute atomic E-state index is 10.7. The smallest absolute Gasteiger partial charge is 0.153 e. The van der Waals surface area contributed by atoms with E-state index >= 15 is 0 Å². The Kier molecular flexibility index (Phi) is 3.60. The molecule has 3 heteroatoms. The van der Waals surface area contributed by atoms with Gasteiger partial charge in [-0.05, 0) is 30.4 Å². The van der Waals surface area contributed by atoms with Crippen molar-refractivity contribution in [2.75, 3.05) is 18.0 Å². The molecule has 1 aromatic carbocycles. The molecule has 0 aliphatic carbocycles. The van der Waals surface area contributed by atoms with Crippen LogP contribution in [0.25, 0.3) is 0 Å². The quantitative estimate of drug-likeness (QED) is 0.834. The molecule has 0 bridgehead atoms. The standard InChI is InChI=1S/C15H21NO2/c1-3-15(2)6-8-16(9-7-15)13-5-4-12(11-17)14(18)10-13/h4-5,10-11,18H,3,6-9H2,1-2H3. The van der Waals surface area contributed by atoms with E-state index in [1.807, 2.05) is 6.07 Å². The average Bonchev–Trinajstić information content (AvgIpc) is 2.39. The minimum absolute atomic E-state index is 0.0753. The Morgan fingerprint density at radius 3 is 2.56 bits per heavy atom. The van der Waals surface area contributed by atoms with Crippen molar-refractivity contribution in [3.8, 4) is 5.75 Å². The first kappa shape index (κ1) is 12.9. The summed E-state index contributed by atoms with van der Waals surface area (Å²) in [5, 5.41) is 9.71. The van der Waals surface area contributed by atoms with E-state index in [0.717, 1.165) is 18.8 Å². The van der Waals surface area contributed by atoms with Crippen LogP contribution in [-0.4, -0.2) is 24.5 Å². The molecule has 0 radical (unpaired) electrons. The van der Waals surface area contributed by atoms with Gasteiger partial charge in [-0.1, -0.05) is 20.3 Å². The molecular weight excluding hydrogens is 226 g/mol. The fourth-order valence-corrected chi connectivity index (χ4v) is 2.49. The first-order chi connectivity index (χ1) is 8.58. The maximum Gasteiger partial charge on any atom is 0.153 e. The van der Waals surface area contributed by atoms with Crippen molar-refractivity contribution < 1.29 is 9.90 Å². The van der Waals surface area contributed by atoms with Gasteiger partial charge in [0, 0.05) is 24.8 Å². The summed E-state index contributed by atoms with van der Waals surface area (Å²) in [6.07, 6.45) is 4.26. The highest BCUT2D eigenvalue weighted by Crippen LogP contribution is 2.36. The maximum atomic E-state index is 10.7. The van der Waals surface area contributed by atoms with Gasteiger partial charge in [-0.25, -0.2) is 0 Å². The second kappa shape index (κ2) is 5.01. The van der Waals surface area contributed by atoms with E-state index in [4.69, 9.17) is 0 Å². The van der Waals surface area contributed by atoms with Gasteiger partial charge in [-0.2, -0.15) is 0 Å². The van der Waals surface area contributed by atoms with Gasteiger partial charge in [-0.15, -0.1) is 0 Å². The molecular formula is C15H21NO2. The lowest BCUT2D eigenvalue weighted by Crippen LogP contribution is -2.38. The zero-order valence-corrected chi connectivity index (χ0v) is 11.1. The van der Waals surface area contributed by atoms with Crippen LogP contribution in [0.4, 0.5) is 5.69 Å². The summed E-state index contributed by atoms with van der Waals surface area (Å²) >= 11 is 0. The Balaban J connectivity index is 2.10. The van der Waals surface area contributed by atoms with E-state index in [9.17, 15) is 9.90 Å². The Hall–Kier alpha value is -1.51. The van der Waals surface area contributed by atoms with E-state index in [0.29, 0.717) is 17.3 Å². The summed E-state index contributed by atoms with van der Waals surface area (Å²) in [7, 11) is 0. The minimum Gasteiger partial charge on any atom is -0.507 e. The molecule has 1 aliphatic rings. The van der Waals surface area contributed by atoms with Crippen LogP contribution < -0.4 is 4.90 Å². The van der Waals surface area contributed by atoms with Crippen LogP contribution >= 0.6 is 0 Å². The normalized spacial score (nSPS) is 18.7. The number of hydrogen-bond donors (Lipinski definition) is 1. The molecule has 2 rings (SSSR count). The summed E-state index contributed by atoms with van der Waals surface area (Å²) in [4.78, 5) is 12.9. The number of nitrogens with zero attached hydrogens (tertiary/aromatic N) is 1. The van der Waals surface area contributed by atoms with Crippen LogP contribution in [0, 0.1) is 5.41 Å². The molecule has 0 aromatic heterocycles. The molecule has 0 saturated carbocycles. The third-order valence-corrected chi connectivity index (χ3v) is 4.33. The summed E-state index contributed by atoms with van der Waals surface area (Å²) in [5.74, 6) is 0.0753. The zero-order valence-electron chi connectivity index (χ0n) is 11.1. The lowest BCUT2D eigenvalue weighted by molar-refractivity contribution is 0.112. The summed E-state index contributed by atoms with van der Waals surface area (Å²) in [5.41, 5.74) is 1.83. The van der Waals surface area contributed by atoms with Crippen molar-refractivity contribution in [3.05, 3.63) is 23.8 Å². The van der Waals surface area contributed by atoms with E-state index < -0.39 is 0 Å². The lowest BCUT2D eigenvalue weighted by Gasteiger charge is -2.40. The van der Waals surface area contributed by atoms with E-state index in [-0.39, 0.29) is 5.75 Å². The van der Waals surface area contributed by atoms with Gasteiger partial charge >= 0.3 is 0 Å². The fraction of sp³-hybridized carbons (Fsp3) is 0.533. The number of phenols is 1. The lowest BCUT2D eigenvalue weighted by atomic mass is 9.78. The molecule has 1 aromatic rings. The van der Waals surface area contributed by atoms with Crippen molar-refractivity contribution in [1.82, 2.24) is 0 Å². The van der Waals surface area contributed by atoms with E-state index in [2.05, 4.69) is 18.7 Å². The van der Waals surface area contributed by atoms with Gasteiger partial charge < -0.3 is 10.0 Å². The molecule has 18 heavy (non-hydrogen) atoms. The minimum atomic E-state index is 0.0753. The van der Waals surface area contributed by atoms with Gasteiger partial charge in [0.2, 0.25) is 0 Å². The first-order valence-corrected chi connectivity index (χ1v) is 6.61. The van der Waals surface area contributed by atoms with Gasteiger partial charge in [0.1, 0.15) is 5.75 Å². The second-order valence-corrected chi connectivity index (χ2v) is 5.51. The molecule has 0 spiro atoms. The topological polar surface area (TPSA) is 40.5 Å². The zero-order chi connectivity index (χ0) is 13.2. The van der Waals surface area contributed by atoms with Crippen LogP contribution in [0.1, 0.15) is 43.5 Å². The number of aldehydes is 1. The average molecular weight is 247 g/mol. The monoisotopic (exact) mass is 247 g/mol. The highest BCUT2D eigenvalue weighted by Gasteiger charge is 2.28. The highest BCUT2D eigenvalue weighted by atomic mass is 16.3. The number of benzene rings is 1. The first-order valence-electron chi connectivity index (χ1n) is 6.61. The predicted octanol–water partition coefficient (Wildman–Crippen LogP) is 3.22. The third-order valence-electron chi connectivity index (χ3n) is 4.33. The molecule has 1 fully saturated rings. The van der Waals surface area contributed by atoms with Gasteiger partial charge in [0.05, 0.1) is 5.56 Å². The largest absolute Gasteiger partial charge is 0.507 e. The van der Waals surface area contributed by atoms with Crippen molar-refractivity contribution in [2.45, 2.75) is 33.1 Å². The SMILES string of the molecule is CCC1(C)CCN(c2ccc(C=O)c(O)c2)CC1. The number of aromatic hydroxyl groups is 1. The van der Waals surface area contributed by atoms with Crippen molar-refractivity contribution in [3.63, 3.8) is 0 Å². The Morgan fingerprint density at radius 1 is 1.39 bits per heavy atom. The summed E-state index contributed by atoms with van der Waals surface area (Å²) < 4.78 is 0. The molecule has 1 N–H and O–H groups in total. The molecule has 3 nitrogen and oxygen atoms in total. The van der Waals surface area contributed by atoms with Crippen molar-refractivity contribution >= 4 is 12.0 Å². The summed E-state index contributed by atoms with van der Waals surface area (Å²) in [6, 6.07) is 5.29. The number of rotatable bonds is 3. The highest BCUT2D eigenvalue weighted by molar-refractivity contribution is 5.80. The Bertz CT molecular complexity index is 434. The van der Waals surface area contributed by atoms with Crippen LogP contribution in [0.15, 0.2) is 18.2 Å². The number of phenolic OH excluding ortho intramolecular Hbond substituents is 1. The van der Waals surface area contributed by atoms with Crippen LogP contribution in [0.5, 0.6) is 5.75 Å². The summed E-state index contributed by atoms with van der Waals surface area (Å²) in [6.45, 7) is 6.63. The van der Waals surface area contributed by atoms with Crippen LogP contribution in [0.3, 0.4) is 0 Å². The van der Waals surface area contributed by atoms with E-state index in [1.54, 1.807) is 12.1 Å². The fourth-order valence-electron chi connectivity index (χ4n) is 2.49. The molecule has 0 amide bonds. The van der Waals surface area contributed by atoms with Crippen molar-refractivity contribution in [2.24, 2.45) is 5.41 Å². The second-order valence-electron chi connectivity index (χ2n) is 5.51. The number of carbonyl (C=O) groups excluding carboxylic acids is 1. The van der Waals surface area contributed by atoms with Crippen LogP contribution in [-0.2, 0) is 0 Å². The molecule has 1 heterocycles. The number of piperidine rings is 1. The number of carbonyl (C=O) groups is 1. The molecule has 0 unspecified atom stereocenters. The Morgan fingerprint density at radius 2 is 2.06 bits per heavy atom. The third kappa shape index (κ3) is 2.50. The predicted molar refractivity (Wildman–Crippen MR) is 73.3 cm³/mol. The van der Waals surface area contributed by atoms with Crippen LogP contribution in [0.2, 0.25) is 0 Å². The van der Waals surface area contributed by atoms with E-state index in [1.165, 1.54) is 19.3 Å². The van der Waals surface area contributed by atoms with Gasteiger partial charge in [0.25, 0.3) is 0 Å². The molecule has 1 aliphatic heterocycles. The van der Waals surface area contributed by atoms with Gasteiger partial charge in [-0.3, -0.25) is 4.79 Å². The van der Waals surface area contributed by atoms with Gasteiger partial charge in [0.15, 0.2) is 6.29 Å². The molecule has 1 saturated heterocycles. The molecule has 98 valence electrons. The van der Waals surface area contributed by atoms with Crippen molar-refractivity contribution in [1.29, 1.82) is 0 Å². The number of hydrogen-bond acceptors (Lipinski definition) is 3. The Labute approximate surface area is 108 Å². The molecule has 0 atom stereocenters. The number of anilines is 1.